The van der Waals surface area contributed by atoms with Gasteiger partial charge in [0.1, 0.15) is 10.6 Å². The van der Waals surface area contributed by atoms with Crippen molar-refractivity contribution in [3.63, 3.8) is 0 Å². The van der Waals surface area contributed by atoms with Gasteiger partial charge >= 0.3 is 0 Å². The first-order valence-electron chi connectivity index (χ1n) is 10.4. The SMILES string of the molecule is COc1ccc(C(=O)NC(CCSC)c2nnc3ccccn23)cc1S(=O)(=O)NC(C)(C)C. The van der Waals surface area contributed by atoms with Crippen LogP contribution in [0.15, 0.2) is 47.5 Å². The molecule has 3 aromatic rings. The largest absolute Gasteiger partial charge is 0.495 e. The normalized spacial score (nSPS) is 13.1. The Labute approximate surface area is 198 Å². The number of carbonyl (C=O) groups is 1. The molecule has 33 heavy (non-hydrogen) atoms. The molecule has 1 atom stereocenters. The van der Waals surface area contributed by atoms with Crippen LogP contribution in [0.1, 0.15) is 49.4 Å². The molecule has 3 rings (SSSR count). The maximum atomic E-state index is 13.2. The van der Waals surface area contributed by atoms with Crippen LogP contribution in [-0.2, 0) is 10.0 Å². The summed E-state index contributed by atoms with van der Waals surface area (Å²) in [6, 6.07) is 9.53. The number of nitrogens with one attached hydrogen (secondary N) is 2. The van der Waals surface area contributed by atoms with Gasteiger partial charge in [-0.05, 0) is 69.5 Å². The Morgan fingerprint density at radius 3 is 2.64 bits per heavy atom. The first-order valence-corrected chi connectivity index (χ1v) is 13.2. The number of rotatable bonds is 9. The van der Waals surface area contributed by atoms with E-state index in [9.17, 15) is 13.2 Å². The summed E-state index contributed by atoms with van der Waals surface area (Å²) in [5.41, 5.74) is 0.190. The smallest absolute Gasteiger partial charge is 0.251 e. The van der Waals surface area contributed by atoms with Gasteiger partial charge in [-0.2, -0.15) is 11.8 Å². The zero-order chi connectivity index (χ0) is 24.2. The van der Waals surface area contributed by atoms with Gasteiger partial charge in [0.15, 0.2) is 11.5 Å². The third-order valence-corrected chi connectivity index (χ3v) is 7.15. The molecular formula is C22H29N5O4S2. The molecule has 0 aliphatic heterocycles. The highest BCUT2D eigenvalue weighted by Gasteiger charge is 2.27. The van der Waals surface area contributed by atoms with E-state index in [1.807, 2.05) is 35.1 Å². The summed E-state index contributed by atoms with van der Waals surface area (Å²) in [5, 5.41) is 11.5. The van der Waals surface area contributed by atoms with Gasteiger partial charge in [-0.3, -0.25) is 9.20 Å². The van der Waals surface area contributed by atoms with Crippen molar-refractivity contribution in [2.24, 2.45) is 0 Å². The first-order chi connectivity index (χ1) is 15.6. The van der Waals surface area contributed by atoms with E-state index < -0.39 is 27.5 Å². The Kier molecular flexibility index (Phi) is 7.65. The molecule has 178 valence electrons. The fourth-order valence-corrected chi connectivity index (χ4v) is 5.41. The number of hydrogen-bond donors (Lipinski definition) is 2. The van der Waals surface area contributed by atoms with Crippen LogP contribution in [0.3, 0.4) is 0 Å². The molecular weight excluding hydrogens is 462 g/mol. The summed E-state index contributed by atoms with van der Waals surface area (Å²) in [7, 11) is -2.53. The van der Waals surface area contributed by atoms with E-state index in [4.69, 9.17) is 4.74 Å². The van der Waals surface area contributed by atoms with E-state index in [2.05, 4.69) is 20.2 Å². The lowest BCUT2D eigenvalue weighted by Crippen LogP contribution is -2.40. The van der Waals surface area contributed by atoms with Gasteiger partial charge in [0.05, 0.1) is 13.2 Å². The predicted molar refractivity (Wildman–Crippen MR) is 129 cm³/mol. The summed E-state index contributed by atoms with van der Waals surface area (Å²) in [6.07, 6.45) is 4.47. The second-order valence-corrected chi connectivity index (χ2v) is 11.2. The number of thioether (sulfide) groups is 1. The minimum atomic E-state index is -3.92. The number of benzene rings is 1. The average Bonchev–Trinajstić information content (AvgIpc) is 3.18. The van der Waals surface area contributed by atoms with Crippen LogP contribution in [0.5, 0.6) is 5.75 Å². The summed E-state index contributed by atoms with van der Waals surface area (Å²) in [4.78, 5) is 13.1. The molecule has 0 spiro atoms. The van der Waals surface area contributed by atoms with Gasteiger partial charge in [0.2, 0.25) is 10.0 Å². The van der Waals surface area contributed by atoms with Crippen molar-refractivity contribution in [1.29, 1.82) is 0 Å². The van der Waals surface area contributed by atoms with E-state index in [1.165, 1.54) is 25.3 Å². The van der Waals surface area contributed by atoms with Crippen molar-refractivity contribution in [3.8, 4) is 5.75 Å². The minimum absolute atomic E-state index is 0.0961. The molecule has 0 bridgehead atoms. The summed E-state index contributed by atoms with van der Waals surface area (Å²) in [5.74, 6) is 1.16. The number of sulfonamides is 1. The Morgan fingerprint density at radius 1 is 1.21 bits per heavy atom. The molecule has 0 saturated carbocycles. The molecule has 2 N–H and O–H groups in total. The van der Waals surface area contributed by atoms with Crippen LogP contribution >= 0.6 is 11.8 Å². The monoisotopic (exact) mass is 491 g/mol. The standard InChI is InChI=1S/C22H29N5O4S2/c1-22(2,3)26-33(29,30)18-14-15(9-10-17(18)31-4)21(28)23-16(11-13-32-5)20-25-24-19-8-6-7-12-27(19)20/h6-10,12,14,16,26H,11,13H2,1-5H3,(H,23,28). The molecule has 2 aromatic heterocycles. The van der Waals surface area contributed by atoms with Crippen LogP contribution in [-0.4, -0.2) is 53.6 Å². The number of ether oxygens (including phenoxy) is 1. The van der Waals surface area contributed by atoms with Gasteiger partial charge in [-0.15, -0.1) is 10.2 Å². The van der Waals surface area contributed by atoms with E-state index in [1.54, 1.807) is 32.5 Å². The van der Waals surface area contributed by atoms with Crippen LogP contribution in [0.25, 0.3) is 5.65 Å². The Morgan fingerprint density at radius 2 is 1.97 bits per heavy atom. The van der Waals surface area contributed by atoms with Crippen molar-refractivity contribution in [2.45, 2.75) is 43.7 Å². The third-order valence-electron chi connectivity index (χ3n) is 4.72. The number of amides is 1. The number of methoxy groups -OCH3 is 1. The highest BCUT2D eigenvalue weighted by Crippen LogP contribution is 2.27. The maximum Gasteiger partial charge on any atom is 0.251 e. The molecule has 9 nitrogen and oxygen atoms in total. The maximum absolute atomic E-state index is 13.2. The number of aromatic nitrogens is 3. The third kappa shape index (κ3) is 6.04. The molecule has 0 fully saturated rings. The molecule has 1 unspecified atom stereocenters. The molecule has 2 heterocycles. The number of hydrogen-bond acceptors (Lipinski definition) is 7. The topological polar surface area (TPSA) is 115 Å². The van der Waals surface area contributed by atoms with Crippen LogP contribution in [0, 0.1) is 0 Å². The van der Waals surface area contributed by atoms with Crippen molar-refractivity contribution in [3.05, 3.63) is 54.0 Å². The second kappa shape index (κ2) is 10.1. The summed E-state index contributed by atoms with van der Waals surface area (Å²) >= 11 is 1.66. The minimum Gasteiger partial charge on any atom is -0.495 e. The highest BCUT2D eigenvalue weighted by atomic mass is 32.2. The lowest BCUT2D eigenvalue weighted by atomic mass is 10.1. The van der Waals surface area contributed by atoms with E-state index >= 15 is 0 Å². The first kappa shape index (κ1) is 25.0. The van der Waals surface area contributed by atoms with Gasteiger partial charge in [-0.25, -0.2) is 13.1 Å². The number of carbonyl (C=O) groups excluding carboxylic acids is 1. The lowest BCUT2D eigenvalue weighted by Gasteiger charge is -2.22. The fourth-order valence-electron chi connectivity index (χ4n) is 3.33. The number of pyridine rings is 1. The Bertz CT molecular complexity index is 1240. The summed E-state index contributed by atoms with van der Waals surface area (Å²) < 4.78 is 35.6. The van der Waals surface area contributed by atoms with Gasteiger partial charge in [0, 0.05) is 17.3 Å². The zero-order valence-electron chi connectivity index (χ0n) is 19.3. The number of nitrogens with zero attached hydrogens (tertiary/aromatic N) is 3. The molecule has 0 aliphatic carbocycles. The van der Waals surface area contributed by atoms with Gasteiger partial charge in [-0.1, -0.05) is 6.07 Å². The fraction of sp³-hybridized carbons (Fsp3) is 0.409. The summed E-state index contributed by atoms with van der Waals surface area (Å²) in [6.45, 7) is 5.23. The lowest BCUT2D eigenvalue weighted by molar-refractivity contribution is 0.0933. The zero-order valence-corrected chi connectivity index (χ0v) is 21.0. The number of fused-ring (bicyclic) bond motifs is 1. The molecule has 0 saturated heterocycles. The van der Waals surface area contributed by atoms with E-state index in [0.717, 1.165) is 5.75 Å². The van der Waals surface area contributed by atoms with Crippen molar-refractivity contribution in [2.75, 3.05) is 19.1 Å². The van der Waals surface area contributed by atoms with Crippen LogP contribution < -0.4 is 14.8 Å². The molecule has 1 amide bonds. The molecule has 0 radical (unpaired) electrons. The van der Waals surface area contributed by atoms with Gasteiger partial charge in [0.25, 0.3) is 5.91 Å². The highest BCUT2D eigenvalue weighted by molar-refractivity contribution is 7.98. The van der Waals surface area contributed by atoms with Crippen molar-refractivity contribution in [1.82, 2.24) is 24.6 Å². The van der Waals surface area contributed by atoms with Crippen LogP contribution in [0.2, 0.25) is 0 Å². The Hall–Kier alpha value is -2.63. The molecule has 1 aromatic carbocycles. The van der Waals surface area contributed by atoms with Crippen LogP contribution in [0.4, 0.5) is 0 Å². The predicted octanol–water partition coefficient (Wildman–Crippen LogP) is 3.04. The quantitative estimate of drug-likeness (QED) is 0.473. The second-order valence-electron chi connectivity index (χ2n) is 8.52. The molecule has 11 heteroatoms. The Balaban J connectivity index is 1.94. The average molecular weight is 492 g/mol. The van der Waals surface area contributed by atoms with E-state index in [-0.39, 0.29) is 16.2 Å². The van der Waals surface area contributed by atoms with Crippen molar-refractivity contribution < 1.29 is 17.9 Å². The van der Waals surface area contributed by atoms with Crippen molar-refractivity contribution >= 4 is 33.3 Å². The van der Waals surface area contributed by atoms with E-state index in [0.29, 0.717) is 17.9 Å². The molecule has 0 aliphatic rings. The van der Waals surface area contributed by atoms with Gasteiger partial charge < -0.3 is 10.1 Å².